The highest BCUT2D eigenvalue weighted by Gasteiger charge is 2.56. The van der Waals surface area contributed by atoms with Crippen LogP contribution in [0.2, 0.25) is 5.02 Å². The van der Waals surface area contributed by atoms with Crippen molar-refractivity contribution in [2.24, 2.45) is 5.92 Å². The average Bonchev–Trinajstić information content (AvgIpc) is 3.14. The van der Waals surface area contributed by atoms with Crippen LogP contribution in [0.25, 0.3) is 0 Å². The Kier molecular flexibility index (Phi) is 4.09. The molecule has 2 aromatic carbocycles. The molecule has 2 aromatic rings. The molecule has 0 unspecified atom stereocenters. The van der Waals surface area contributed by atoms with E-state index in [-0.39, 0.29) is 5.91 Å². The first kappa shape index (κ1) is 16.9. The van der Waals surface area contributed by atoms with Crippen molar-refractivity contribution in [2.75, 3.05) is 24.1 Å². The van der Waals surface area contributed by atoms with E-state index in [1.54, 1.807) is 17.2 Å². The summed E-state index contributed by atoms with van der Waals surface area (Å²) in [6.07, 6.45) is -0.822. The number of halogens is 1. The Balaban J connectivity index is 1.76. The lowest BCUT2D eigenvalue weighted by molar-refractivity contribution is -0.129. The van der Waals surface area contributed by atoms with Crippen LogP contribution < -0.4 is 15.3 Å². The van der Waals surface area contributed by atoms with Gasteiger partial charge in [-0.25, -0.2) is 5.06 Å². The highest BCUT2D eigenvalue weighted by molar-refractivity contribution is 6.30. The highest BCUT2D eigenvalue weighted by atomic mass is 35.5. The lowest BCUT2D eigenvalue weighted by Crippen LogP contribution is -2.33. The zero-order chi connectivity index (χ0) is 18.4. The minimum absolute atomic E-state index is 0.307. The monoisotopic (exact) mass is 371 g/mol. The fourth-order valence-corrected chi connectivity index (χ4v) is 3.58. The highest BCUT2D eigenvalue weighted by Crippen LogP contribution is 2.44. The molecule has 7 heteroatoms. The molecule has 26 heavy (non-hydrogen) atoms. The van der Waals surface area contributed by atoms with Gasteiger partial charge in [-0.05, 0) is 42.0 Å². The van der Waals surface area contributed by atoms with E-state index < -0.39 is 24.0 Å². The van der Waals surface area contributed by atoms with E-state index >= 15 is 0 Å². The molecule has 134 valence electrons. The molecule has 1 N–H and O–H groups in total. The summed E-state index contributed by atoms with van der Waals surface area (Å²) in [6.45, 7) is 0. The van der Waals surface area contributed by atoms with Gasteiger partial charge >= 0.3 is 0 Å². The number of nitrogens with zero attached hydrogens (tertiary/aromatic N) is 2. The van der Waals surface area contributed by atoms with Crippen molar-refractivity contribution in [3.63, 3.8) is 0 Å². The van der Waals surface area contributed by atoms with Gasteiger partial charge < -0.3 is 4.90 Å². The summed E-state index contributed by atoms with van der Waals surface area (Å²) in [5.41, 5.74) is 2.70. The summed E-state index contributed by atoms with van der Waals surface area (Å²) < 4.78 is 0. The number of imide groups is 1. The van der Waals surface area contributed by atoms with Crippen LogP contribution in [0, 0.1) is 5.92 Å². The van der Waals surface area contributed by atoms with Crippen molar-refractivity contribution in [2.45, 2.75) is 12.1 Å². The third-order valence-electron chi connectivity index (χ3n) is 4.79. The molecular formula is C19H18ClN3O3. The second-order valence-electron chi connectivity index (χ2n) is 6.64. The van der Waals surface area contributed by atoms with Crippen molar-refractivity contribution >= 4 is 34.8 Å². The molecule has 0 bridgehead atoms. The van der Waals surface area contributed by atoms with E-state index in [0.29, 0.717) is 5.02 Å². The Morgan fingerprint density at radius 2 is 1.65 bits per heavy atom. The van der Waals surface area contributed by atoms with E-state index in [1.165, 1.54) is 0 Å². The number of fused-ring (bicyclic) bond motifs is 1. The van der Waals surface area contributed by atoms with Gasteiger partial charge in [-0.2, -0.15) is 0 Å². The molecular weight excluding hydrogens is 354 g/mol. The zero-order valence-corrected chi connectivity index (χ0v) is 15.1. The van der Waals surface area contributed by atoms with Crippen LogP contribution in [0.15, 0.2) is 48.5 Å². The number of benzene rings is 2. The van der Waals surface area contributed by atoms with Gasteiger partial charge in [0.15, 0.2) is 6.10 Å². The van der Waals surface area contributed by atoms with Crippen LogP contribution in [0.4, 0.5) is 11.4 Å². The van der Waals surface area contributed by atoms with E-state index in [9.17, 15) is 9.59 Å². The number of carbonyl (C=O) groups excluding carboxylic acids is 2. The van der Waals surface area contributed by atoms with Crippen LogP contribution in [0.5, 0.6) is 0 Å². The Bertz CT molecular complexity index is 851. The maximum absolute atomic E-state index is 12.4. The number of nitrogens with one attached hydrogen (secondary N) is 1. The van der Waals surface area contributed by atoms with Gasteiger partial charge in [-0.3, -0.25) is 19.7 Å². The number of carbonyl (C=O) groups is 2. The minimum atomic E-state index is -0.822. The van der Waals surface area contributed by atoms with Gasteiger partial charge in [-0.15, -0.1) is 0 Å². The van der Waals surface area contributed by atoms with Crippen LogP contribution in [0.3, 0.4) is 0 Å². The molecule has 4 rings (SSSR count). The first-order valence-electron chi connectivity index (χ1n) is 8.29. The van der Waals surface area contributed by atoms with Crippen LogP contribution in [0.1, 0.15) is 11.6 Å². The van der Waals surface area contributed by atoms with Gasteiger partial charge in [-0.1, -0.05) is 23.7 Å². The summed E-state index contributed by atoms with van der Waals surface area (Å²) in [5.74, 6) is -1.30. The smallest absolute Gasteiger partial charge is 0.259 e. The van der Waals surface area contributed by atoms with Crippen molar-refractivity contribution in [3.05, 3.63) is 59.1 Å². The summed E-state index contributed by atoms with van der Waals surface area (Å²) in [4.78, 5) is 32.4. The first-order chi connectivity index (χ1) is 12.5. The van der Waals surface area contributed by atoms with Gasteiger partial charge in [0.2, 0.25) is 5.91 Å². The van der Waals surface area contributed by atoms with Crippen molar-refractivity contribution in [3.8, 4) is 0 Å². The Morgan fingerprint density at radius 3 is 2.27 bits per heavy atom. The number of hydrogen-bond donors (Lipinski definition) is 1. The largest absolute Gasteiger partial charge is 0.378 e. The average molecular weight is 372 g/mol. The lowest BCUT2D eigenvalue weighted by Gasteiger charge is -2.27. The summed E-state index contributed by atoms with van der Waals surface area (Å²) in [6, 6.07) is 14.6. The normalized spacial score (nSPS) is 24.6. The van der Waals surface area contributed by atoms with Gasteiger partial charge in [0.1, 0.15) is 5.92 Å². The second kappa shape index (κ2) is 6.30. The number of amides is 2. The number of hydrogen-bond acceptors (Lipinski definition) is 5. The predicted molar refractivity (Wildman–Crippen MR) is 99.0 cm³/mol. The van der Waals surface area contributed by atoms with Crippen LogP contribution in [-0.4, -0.2) is 32.0 Å². The maximum Gasteiger partial charge on any atom is 0.259 e. The zero-order valence-electron chi connectivity index (χ0n) is 14.3. The van der Waals surface area contributed by atoms with E-state index in [4.69, 9.17) is 16.4 Å². The molecule has 2 aliphatic heterocycles. The molecule has 2 fully saturated rings. The molecule has 6 nitrogen and oxygen atoms in total. The van der Waals surface area contributed by atoms with Crippen molar-refractivity contribution in [1.29, 1.82) is 0 Å². The fourth-order valence-electron chi connectivity index (χ4n) is 3.45. The third kappa shape index (κ3) is 2.71. The number of hydroxylamine groups is 1. The molecule has 0 saturated carbocycles. The summed E-state index contributed by atoms with van der Waals surface area (Å²) >= 11 is 5.98. The molecule has 3 atom stereocenters. The van der Waals surface area contributed by atoms with E-state index in [2.05, 4.69) is 5.32 Å². The SMILES string of the molecule is CN(C)c1ccc([C@@H]2[C@@H]3C(=O)NC(=O)[C@H]3ON2c2ccc(Cl)cc2)cc1. The predicted octanol–water partition coefficient (Wildman–Crippen LogP) is 2.54. The summed E-state index contributed by atoms with van der Waals surface area (Å²) in [7, 11) is 3.93. The Hall–Kier alpha value is -2.57. The van der Waals surface area contributed by atoms with Crippen LogP contribution >= 0.6 is 11.6 Å². The van der Waals surface area contributed by atoms with E-state index in [1.807, 2.05) is 55.4 Å². The number of rotatable bonds is 3. The van der Waals surface area contributed by atoms with Crippen molar-refractivity contribution in [1.82, 2.24) is 5.32 Å². The minimum Gasteiger partial charge on any atom is -0.378 e. The molecule has 2 aliphatic rings. The van der Waals surface area contributed by atoms with Gasteiger partial charge in [0.05, 0.1) is 11.7 Å². The molecule has 0 aromatic heterocycles. The fraction of sp³-hybridized carbons (Fsp3) is 0.263. The standard InChI is InChI=1S/C19H18ClN3O3/c1-22(2)13-7-3-11(4-8-13)16-15-17(19(25)21-18(15)24)26-23(16)14-9-5-12(20)6-10-14/h3-10,15-17H,1-2H3,(H,21,24,25)/t15-,16+,17-/m0/s1. The van der Waals surface area contributed by atoms with Crippen molar-refractivity contribution < 1.29 is 14.4 Å². The molecule has 2 heterocycles. The number of anilines is 2. The third-order valence-corrected chi connectivity index (χ3v) is 5.04. The molecule has 0 aliphatic carbocycles. The van der Waals surface area contributed by atoms with Gasteiger partial charge in [0.25, 0.3) is 5.91 Å². The molecule has 2 saturated heterocycles. The first-order valence-corrected chi connectivity index (χ1v) is 8.67. The lowest BCUT2D eigenvalue weighted by atomic mass is 9.90. The second-order valence-corrected chi connectivity index (χ2v) is 7.07. The Labute approximate surface area is 156 Å². The van der Waals surface area contributed by atoms with Crippen LogP contribution in [-0.2, 0) is 14.4 Å². The topological polar surface area (TPSA) is 61.9 Å². The molecule has 0 spiro atoms. The molecule has 2 amide bonds. The van der Waals surface area contributed by atoms with E-state index in [0.717, 1.165) is 16.9 Å². The maximum atomic E-state index is 12.4. The molecule has 0 radical (unpaired) electrons. The van der Waals surface area contributed by atoms with Gasteiger partial charge in [0, 0.05) is 24.8 Å². The quantitative estimate of drug-likeness (QED) is 0.840. The Morgan fingerprint density at radius 1 is 1.00 bits per heavy atom. The summed E-state index contributed by atoms with van der Waals surface area (Å²) in [5, 5.41) is 4.62.